The van der Waals surface area contributed by atoms with Gasteiger partial charge in [-0.2, -0.15) is 0 Å². The number of aromatic hydroxyl groups is 1. The lowest BCUT2D eigenvalue weighted by Crippen LogP contribution is -2.58. The summed E-state index contributed by atoms with van der Waals surface area (Å²) in [6.45, 7) is 7.86. The van der Waals surface area contributed by atoms with Crippen LogP contribution in [-0.4, -0.2) is 60.6 Å². The Morgan fingerprint density at radius 1 is 0.947 bits per heavy atom. The normalized spacial score (nSPS) is 13.9. The summed E-state index contributed by atoms with van der Waals surface area (Å²) in [4.78, 5) is 50.2. The van der Waals surface area contributed by atoms with Gasteiger partial charge in [0.15, 0.2) is 0 Å². The van der Waals surface area contributed by atoms with E-state index in [4.69, 9.17) is 5.73 Å². The number of esters is 1. The van der Waals surface area contributed by atoms with E-state index in [2.05, 4.69) is 20.7 Å². The number of ether oxygens (including phenoxy) is 1. The molecule has 0 spiro atoms. The molecule has 38 heavy (non-hydrogen) atoms. The molecule has 0 aromatic heterocycles. The van der Waals surface area contributed by atoms with Crippen LogP contribution in [0.1, 0.15) is 65.4 Å². The van der Waals surface area contributed by atoms with Crippen molar-refractivity contribution >= 4 is 36.1 Å². The summed E-state index contributed by atoms with van der Waals surface area (Å²) in [5, 5.41) is 18.0. The molecular weight excluding hydrogens is 512 g/mol. The molecule has 0 aliphatic carbocycles. The number of methoxy groups -OCH3 is 1. The predicted molar refractivity (Wildman–Crippen MR) is 149 cm³/mol. The smallest absolute Gasteiger partial charge is 0.305 e. The van der Waals surface area contributed by atoms with Crippen LogP contribution >= 0.6 is 12.4 Å². The van der Waals surface area contributed by atoms with Crippen molar-refractivity contribution in [2.24, 2.45) is 17.6 Å². The number of benzene rings is 1. The Kier molecular flexibility index (Phi) is 17.0. The predicted octanol–water partition coefficient (Wildman–Crippen LogP) is 2.21. The molecule has 4 atom stereocenters. The first-order valence-corrected chi connectivity index (χ1v) is 13.0. The second-order valence-corrected chi connectivity index (χ2v) is 9.75. The molecule has 10 nitrogen and oxygen atoms in total. The lowest BCUT2D eigenvalue weighted by molar-refractivity contribution is -0.140. The molecule has 0 saturated carbocycles. The van der Waals surface area contributed by atoms with E-state index in [1.165, 1.54) is 19.2 Å². The van der Waals surface area contributed by atoms with Gasteiger partial charge in [-0.1, -0.05) is 52.7 Å². The number of phenols is 1. The third-order valence-corrected chi connectivity index (χ3v) is 6.41. The largest absolute Gasteiger partial charge is 0.508 e. The third kappa shape index (κ3) is 12.6. The lowest BCUT2D eigenvalue weighted by atomic mass is 9.96. The second-order valence-electron chi connectivity index (χ2n) is 9.75. The average molecular weight is 557 g/mol. The van der Waals surface area contributed by atoms with Crippen LogP contribution in [0.5, 0.6) is 5.75 Å². The van der Waals surface area contributed by atoms with Crippen molar-refractivity contribution in [2.45, 2.75) is 84.3 Å². The summed E-state index contributed by atoms with van der Waals surface area (Å²) in [6, 6.07) is 3.82. The molecule has 6 N–H and O–H groups in total. The monoisotopic (exact) mass is 556 g/mol. The van der Waals surface area contributed by atoms with Gasteiger partial charge in [0.1, 0.15) is 17.8 Å². The van der Waals surface area contributed by atoms with E-state index in [0.29, 0.717) is 32.2 Å². The van der Waals surface area contributed by atoms with E-state index < -0.39 is 29.9 Å². The Hall–Kier alpha value is -2.85. The summed E-state index contributed by atoms with van der Waals surface area (Å²) >= 11 is 0. The Morgan fingerprint density at radius 3 is 2.13 bits per heavy atom. The Bertz CT molecular complexity index is 881. The number of rotatable bonds is 16. The zero-order chi connectivity index (χ0) is 28.0. The highest BCUT2D eigenvalue weighted by Crippen LogP contribution is 2.13. The van der Waals surface area contributed by atoms with Crippen LogP contribution < -0.4 is 21.7 Å². The molecular formula is C27H45ClN4O6. The minimum Gasteiger partial charge on any atom is -0.508 e. The fourth-order valence-corrected chi connectivity index (χ4v) is 3.60. The zero-order valence-corrected chi connectivity index (χ0v) is 23.9. The molecule has 1 rings (SSSR count). The number of halogens is 1. The molecule has 0 fully saturated rings. The van der Waals surface area contributed by atoms with E-state index in [-0.39, 0.29) is 48.3 Å². The van der Waals surface area contributed by atoms with Crippen LogP contribution in [0.4, 0.5) is 0 Å². The van der Waals surface area contributed by atoms with Crippen LogP contribution in [0.2, 0.25) is 0 Å². The van der Waals surface area contributed by atoms with Crippen LogP contribution in [0, 0.1) is 11.8 Å². The van der Waals surface area contributed by atoms with Crippen molar-refractivity contribution in [2.75, 3.05) is 13.7 Å². The maximum atomic E-state index is 13.3. The first-order chi connectivity index (χ1) is 17.5. The summed E-state index contributed by atoms with van der Waals surface area (Å²) in [7, 11) is 1.35. The molecule has 0 radical (unpaired) electrons. The molecule has 11 heteroatoms. The van der Waals surface area contributed by atoms with Gasteiger partial charge in [-0.05, 0) is 42.4 Å². The van der Waals surface area contributed by atoms with E-state index >= 15 is 0 Å². The number of nitrogens with one attached hydrogen (secondary N) is 3. The van der Waals surface area contributed by atoms with Crippen LogP contribution in [0.3, 0.4) is 0 Å². The summed E-state index contributed by atoms with van der Waals surface area (Å²) < 4.78 is 4.62. The number of carbonyl (C=O) groups is 4. The van der Waals surface area contributed by atoms with Crippen molar-refractivity contribution in [1.29, 1.82) is 0 Å². The molecule has 0 saturated heterocycles. The Labute approximate surface area is 232 Å². The van der Waals surface area contributed by atoms with Gasteiger partial charge in [0.2, 0.25) is 17.7 Å². The first kappa shape index (κ1) is 35.2. The molecule has 0 bridgehead atoms. The van der Waals surface area contributed by atoms with E-state index in [1.54, 1.807) is 12.1 Å². The number of hydrogen-bond acceptors (Lipinski definition) is 7. The maximum absolute atomic E-state index is 13.3. The van der Waals surface area contributed by atoms with Crippen LogP contribution in [-0.2, 0) is 30.3 Å². The average Bonchev–Trinajstić information content (AvgIpc) is 2.88. The maximum Gasteiger partial charge on any atom is 0.305 e. The van der Waals surface area contributed by atoms with Gasteiger partial charge in [-0.25, -0.2) is 0 Å². The minimum absolute atomic E-state index is 0. The van der Waals surface area contributed by atoms with Crippen LogP contribution in [0.15, 0.2) is 24.3 Å². The second kappa shape index (κ2) is 18.4. The van der Waals surface area contributed by atoms with Crippen molar-refractivity contribution in [1.82, 2.24) is 16.0 Å². The summed E-state index contributed by atoms with van der Waals surface area (Å²) in [6.07, 6.45) is 3.28. The lowest BCUT2D eigenvalue weighted by Gasteiger charge is -2.27. The molecule has 216 valence electrons. The van der Waals surface area contributed by atoms with Gasteiger partial charge in [0.25, 0.3) is 0 Å². The van der Waals surface area contributed by atoms with Gasteiger partial charge in [-0.15, -0.1) is 12.4 Å². The number of hydrogen-bond donors (Lipinski definition) is 5. The van der Waals surface area contributed by atoms with Crippen molar-refractivity contribution in [3.8, 4) is 5.75 Å². The van der Waals surface area contributed by atoms with Crippen molar-refractivity contribution in [3.05, 3.63) is 29.8 Å². The van der Waals surface area contributed by atoms with Gasteiger partial charge >= 0.3 is 5.97 Å². The van der Waals surface area contributed by atoms with Gasteiger partial charge in [0.05, 0.1) is 13.2 Å². The summed E-state index contributed by atoms with van der Waals surface area (Å²) in [5.41, 5.74) is 6.72. The zero-order valence-electron chi connectivity index (χ0n) is 23.1. The number of amides is 3. The molecule has 1 aromatic carbocycles. The minimum atomic E-state index is -0.959. The van der Waals surface area contributed by atoms with E-state index in [9.17, 15) is 24.3 Å². The fourth-order valence-electron chi connectivity index (χ4n) is 3.60. The molecule has 0 heterocycles. The number of unbranched alkanes of at least 4 members (excludes halogenated alkanes) is 2. The Morgan fingerprint density at radius 2 is 1.58 bits per heavy atom. The number of nitrogens with two attached hydrogens (primary N) is 1. The third-order valence-electron chi connectivity index (χ3n) is 6.41. The Balaban J connectivity index is 0.0000137. The van der Waals surface area contributed by atoms with Crippen molar-refractivity contribution in [3.63, 3.8) is 0 Å². The highest BCUT2D eigenvalue weighted by molar-refractivity contribution is 5.93. The van der Waals surface area contributed by atoms with Crippen LogP contribution in [0.25, 0.3) is 0 Å². The first-order valence-electron chi connectivity index (χ1n) is 13.0. The molecule has 1 unspecified atom stereocenters. The van der Waals surface area contributed by atoms with Crippen molar-refractivity contribution < 1.29 is 29.0 Å². The van der Waals surface area contributed by atoms with Gasteiger partial charge in [-0.3, -0.25) is 19.2 Å². The molecule has 3 amide bonds. The topological polar surface area (TPSA) is 160 Å². The molecule has 0 aliphatic heterocycles. The quantitative estimate of drug-likeness (QED) is 0.154. The molecule has 0 aliphatic rings. The highest BCUT2D eigenvalue weighted by atomic mass is 35.5. The number of carbonyl (C=O) groups excluding carboxylic acids is 4. The van der Waals surface area contributed by atoms with Gasteiger partial charge < -0.3 is 31.5 Å². The fraction of sp³-hybridized carbons (Fsp3) is 0.630. The standard InChI is InChI=1S/C27H44N4O6.ClH/c1-6-18(4)24(27(36)29-15-9-7-8-10-22(33)37-5)31-25(34)21(30-26(35)23(28)17(2)3)16-19-11-13-20(32)14-12-19;/h11-14,17-18,21,23-24,32H,6-10,15-16,28H2,1-5H3,(H,29,36)(H,30,35)(H,31,34);1H/t18?,21-,23-,24-;/m0./s1. The highest BCUT2D eigenvalue weighted by Gasteiger charge is 2.31. The summed E-state index contributed by atoms with van der Waals surface area (Å²) in [5.74, 6) is -1.68. The van der Waals surface area contributed by atoms with E-state index in [0.717, 1.165) is 12.0 Å². The van der Waals surface area contributed by atoms with Gasteiger partial charge in [0, 0.05) is 19.4 Å². The molecule has 1 aromatic rings. The van der Waals surface area contributed by atoms with E-state index in [1.807, 2.05) is 27.7 Å². The number of phenolic OH excluding ortho intramolecular Hbond substituents is 1. The SMILES string of the molecule is CCC(C)[C@H](NC(=O)[C@H](Cc1ccc(O)cc1)NC(=O)[C@@H](N)C(C)C)C(=O)NCCCCCC(=O)OC.Cl.